The minimum atomic E-state index is -0.879. The van der Waals surface area contributed by atoms with Crippen molar-refractivity contribution in [1.29, 1.82) is 0 Å². The number of aromatic carboxylic acids is 1. The van der Waals surface area contributed by atoms with Gasteiger partial charge < -0.3 is 5.11 Å². The van der Waals surface area contributed by atoms with E-state index in [2.05, 4.69) is 4.98 Å². The third-order valence-electron chi connectivity index (χ3n) is 2.29. The van der Waals surface area contributed by atoms with E-state index in [1.165, 1.54) is 0 Å². The molecule has 0 amide bonds. The molecule has 0 aliphatic heterocycles. The number of benzene rings is 1. The fourth-order valence-electron chi connectivity index (χ4n) is 1.45. The third-order valence-corrected chi connectivity index (χ3v) is 3.35. The number of carbonyl (C=O) groups is 1. The van der Waals surface area contributed by atoms with E-state index in [1.807, 2.05) is 24.3 Å². The van der Waals surface area contributed by atoms with Gasteiger partial charge in [-0.1, -0.05) is 18.2 Å². The Morgan fingerprint density at radius 3 is 2.59 bits per heavy atom. The topological polar surface area (TPSA) is 50.2 Å². The van der Waals surface area contributed by atoms with Gasteiger partial charge in [-0.25, -0.2) is 4.79 Å². The van der Waals surface area contributed by atoms with Crippen LogP contribution in [-0.4, -0.2) is 16.1 Å². The number of carboxylic acids is 1. The van der Waals surface area contributed by atoms with Crippen molar-refractivity contribution in [2.24, 2.45) is 0 Å². The molecule has 0 radical (unpaired) electrons. The van der Waals surface area contributed by atoms with E-state index >= 15 is 0 Å². The van der Waals surface area contributed by atoms with Crippen LogP contribution in [0.3, 0.4) is 0 Å². The Kier molecular flexibility index (Phi) is 3.77. The molecule has 1 aromatic heterocycles. The summed E-state index contributed by atoms with van der Waals surface area (Å²) in [6.07, 6.45) is 3.46. The second-order valence-corrected chi connectivity index (χ2v) is 4.48. The summed E-state index contributed by atoms with van der Waals surface area (Å²) in [7, 11) is 0. The van der Waals surface area contributed by atoms with Crippen molar-refractivity contribution >= 4 is 17.7 Å². The monoisotopic (exact) mass is 245 g/mol. The molecule has 0 aliphatic rings. The van der Waals surface area contributed by atoms with Gasteiger partial charge in [-0.2, -0.15) is 0 Å². The van der Waals surface area contributed by atoms with E-state index in [-0.39, 0.29) is 0 Å². The highest BCUT2D eigenvalue weighted by Gasteiger charge is 2.08. The van der Waals surface area contributed by atoms with Gasteiger partial charge in [0.1, 0.15) is 0 Å². The maximum Gasteiger partial charge on any atom is 0.335 e. The first-order valence-corrected chi connectivity index (χ1v) is 6.10. The Morgan fingerprint density at radius 2 is 1.88 bits per heavy atom. The van der Waals surface area contributed by atoms with E-state index in [1.54, 1.807) is 36.3 Å². The van der Waals surface area contributed by atoms with Gasteiger partial charge in [0.25, 0.3) is 0 Å². The van der Waals surface area contributed by atoms with Gasteiger partial charge in [0, 0.05) is 23.0 Å². The molecule has 0 bridgehead atoms. The van der Waals surface area contributed by atoms with E-state index in [0.29, 0.717) is 11.3 Å². The molecule has 86 valence electrons. The molecule has 2 rings (SSSR count). The highest BCUT2D eigenvalue weighted by Crippen LogP contribution is 2.23. The van der Waals surface area contributed by atoms with Crippen LogP contribution in [0.5, 0.6) is 0 Å². The molecule has 0 aliphatic carbocycles. The zero-order valence-corrected chi connectivity index (χ0v) is 9.85. The lowest BCUT2D eigenvalue weighted by molar-refractivity contribution is 0.0696. The van der Waals surface area contributed by atoms with Gasteiger partial charge in [0.2, 0.25) is 0 Å². The highest BCUT2D eigenvalue weighted by atomic mass is 32.2. The Bertz CT molecular complexity index is 514. The Labute approximate surface area is 104 Å². The predicted molar refractivity (Wildman–Crippen MR) is 67.2 cm³/mol. The Balaban J connectivity index is 2.12. The molecule has 0 unspecified atom stereocenters. The SMILES string of the molecule is O=C(O)c1ccccc1CSc1ccncc1. The van der Waals surface area contributed by atoms with Gasteiger partial charge in [-0.15, -0.1) is 11.8 Å². The summed E-state index contributed by atoms with van der Waals surface area (Å²) in [5, 5.41) is 9.04. The van der Waals surface area contributed by atoms with Crippen LogP contribution in [0.15, 0.2) is 53.7 Å². The first-order valence-electron chi connectivity index (χ1n) is 5.11. The number of carboxylic acid groups (broad SMARTS) is 1. The van der Waals surface area contributed by atoms with Crippen molar-refractivity contribution in [3.63, 3.8) is 0 Å². The van der Waals surface area contributed by atoms with Crippen LogP contribution in [0.1, 0.15) is 15.9 Å². The Hall–Kier alpha value is -1.81. The molecular weight excluding hydrogens is 234 g/mol. The number of rotatable bonds is 4. The van der Waals surface area contributed by atoms with Crippen LogP contribution in [0.4, 0.5) is 0 Å². The average Bonchev–Trinajstić information content (AvgIpc) is 2.38. The molecule has 3 nitrogen and oxygen atoms in total. The molecule has 1 N–H and O–H groups in total. The molecule has 0 fully saturated rings. The minimum absolute atomic E-state index is 0.369. The van der Waals surface area contributed by atoms with Gasteiger partial charge in [0.05, 0.1) is 5.56 Å². The van der Waals surface area contributed by atoms with Crippen molar-refractivity contribution in [2.45, 2.75) is 10.6 Å². The summed E-state index contributed by atoms with van der Waals surface area (Å²) in [6, 6.07) is 10.9. The zero-order chi connectivity index (χ0) is 12.1. The van der Waals surface area contributed by atoms with Gasteiger partial charge in [-0.05, 0) is 23.8 Å². The number of aromatic nitrogens is 1. The van der Waals surface area contributed by atoms with E-state index < -0.39 is 5.97 Å². The summed E-state index contributed by atoms with van der Waals surface area (Å²) < 4.78 is 0. The summed E-state index contributed by atoms with van der Waals surface area (Å²) in [4.78, 5) is 16.0. The quantitative estimate of drug-likeness (QED) is 0.841. The number of hydrogen-bond acceptors (Lipinski definition) is 3. The van der Waals surface area contributed by atoms with Crippen LogP contribution in [0.25, 0.3) is 0 Å². The van der Waals surface area contributed by atoms with Crippen molar-refractivity contribution < 1.29 is 9.90 Å². The van der Waals surface area contributed by atoms with Crippen molar-refractivity contribution in [2.75, 3.05) is 0 Å². The molecule has 1 aromatic carbocycles. The fraction of sp³-hybridized carbons (Fsp3) is 0.0769. The van der Waals surface area contributed by atoms with Crippen LogP contribution in [0.2, 0.25) is 0 Å². The number of pyridine rings is 1. The molecule has 1 heterocycles. The summed E-state index contributed by atoms with van der Waals surface area (Å²) in [5.41, 5.74) is 1.20. The van der Waals surface area contributed by atoms with Crippen molar-refractivity contribution in [3.8, 4) is 0 Å². The summed E-state index contributed by atoms with van der Waals surface area (Å²) in [5.74, 6) is -0.233. The van der Waals surface area contributed by atoms with Crippen LogP contribution >= 0.6 is 11.8 Å². The van der Waals surface area contributed by atoms with Gasteiger partial charge >= 0.3 is 5.97 Å². The lowest BCUT2D eigenvalue weighted by Gasteiger charge is -2.05. The maximum absolute atomic E-state index is 11.0. The van der Waals surface area contributed by atoms with Crippen LogP contribution in [0, 0.1) is 0 Å². The minimum Gasteiger partial charge on any atom is -0.478 e. The summed E-state index contributed by atoms with van der Waals surface area (Å²) in [6.45, 7) is 0. The smallest absolute Gasteiger partial charge is 0.335 e. The first kappa shape index (κ1) is 11.7. The standard InChI is InChI=1S/C13H11NO2S/c15-13(16)12-4-2-1-3-10(12)9-17-11-5-7-14-8-6-11/h1-8H,9H2,(H,15,16). The molecular formula is C13H11NO2S. The molecule has 17 heavy (non-hydrogen) atoms. The second-order valence-electron chi connectivity index (χ2n) is 3.43. The lowest BCUT2D eigenvalue weighted by atomic mass is 10.1. The predicted octanol–water partition coefficient (Wildman–Crippen LogP) is 3.07. The third kappa shape index (κ3) is 3.07. The molecule has 0 spiro atoms. The molecule has 0 atom stereocenters. The average molecular weight is 245 g/mol. The number of thioether (sulfide) groups is 1. The lowest BCUT2D eigenvalue weighted by Crippen LogP contribution is -2.00. The van der Waals surface area contributed by atoms with Crippen molar-refractivity contribution in [3.05, 3.63) is 59.9 Å². The number of hydrogen-bond donors (Lipinski definition) is 1. The van der Waals surface area contributed by atoms with Gasteiger partial charge in [-0.3, -0.25) is 4.98 Å². The number of nitrogens with zero attached hydrogens (tertiary/aromatic N) is 1. The van der Waals surface area contributed by atoms with Gasteiger partial charge in [0.15, 0.2) is 0 Å². The highest BCUT2D eigenvalue weighted by molar-refractivity contribution is 7.98. The van der Waals surface area contributed by atoms with Crippen LogP contribution in [-0.2, 0) is 5.75 Å². The first-order chi connectivity index (χ1) is 8.27. The Morgan fingerprint density at radius 1 is 1.18 bits per heavy atom. The van der Waals surface area contributed by atoms with E-state index in [0.717, 1.165) is 10.5 Å². The molecule has 4 heteroatoms. The normalized spacial score (nSPS) is 10.1. The second kappa shape index (κ2) is 5.50. The van der Waals surface area contributed by atoms with E-state index in [9.17, 15) is 4.79 Å². The van der Waals surface area contributed by atoms with Crippen molar-refractivity contribution in [1.82, 2.24) is 4.98 Å². The molecule has 2 aromatic rings. The molecule has 0 saturated heterocycles. The van der Waals surface area contributed by atoms with E-state index in [4.69, 9.17) is 5.11 Å². The summed E-state index contributed by atoms with van der Waals surface area (Å²) >= 11 is 1.60. The molecule has 0 saturated carbocycles. The largest absolute Gasteiger partial charge is 0.478 e. The fourth-order valence-corrected chi connectivity index (χ4v) is 2.34. The zero-order valence-electron chi connectivity index (χ0n) is 9.04. The van der Waals surface area contributed by atoms with Crippen LogP contribution < -0.4 is 0 Å². The maximum atomic E-state index is 11.0.